The monoisotopic (exact) mass is 259 g/mol. The smallest absolute Gasteiger partial charge is 0.240 e. The number of halogens is 1. The van der Waals surface area contributed by atoms with E-state index in [4.69, 9.17) is 16.3 Å². The number of aliphatic imine (C=N–C) groups is 1. The Labute approximate surface area is 110 Å². The summed E-state index contributed by atoms with van der Waals surface area (Å²) in [5.41, 5.74) is 1.52. The Morgan fingerprint density at radius 1 is 1.17 bits per heavy atom. The minimum atomic E-state index is 0.419. The standard InChI is InChI=1S/C14H10ClNO2/c15-13-8-12(16-10-17)6-7-14(13)18-9-11-4-2-1-3-5-11/h1-8H,9H2. The average molecular weight is 260 g/mol. The van der Waals surface area contributed by atoms with Gasteiger partial charge in [0.25, 0.3) is 0 Å². The van der Waals surface area contributed by atoms with E-state index in [9.17, 15) is 4.79 Å². The number of hydrogen-bond acceptors (Lipinski definition) is 3. The first kappa shape index (κ1) is 12.4. The molecular weight excluding hydrogens is 250 g/mol. The van der Waals surface area contributed by atoms with Gasteiger partial charge in [-0.1, -0.05) is 41.9 Å². The normalized spacial score (nSPS) is 9.61. The second-order valence-electron chi connectivity index (χ2n) is 3.59. The summed E-state index contributed by atoms with van der Waals surface area (Å²) >= 11 is 6.02. The van der Waals surface area contributed by atoms with E-state index in [1.165, 1.54) is 6.08 Å². The zero-order chi connectivity index (χ0) is 12.8. The average Bonchev–Trinajstić information content (AvgIpc) is 2.39. The summed E-state index contributed by atoms with van der Waals surface area (Å²) in [5.74, 6) is 0.561. The van der Waals surface area contributed by atoms with E-state index < -0.39 is 0 Å². The maximum absolute atomic E-state index is 10.1. The highest BCUT2D eigenvalue weighted by Gasteiger charge is 2.03. The molecule has 0 amide bonds. The van der Waals surface area contributed by atoms with Gasteiger partial charge in [-0.2, -0.15) is 4.99 Å². The zero-order valence-electron chi connectivity index (χ0n) is 9.47. The quantitative estimate of drug-likeness (QED) is 0.617. The number of ether oxygens (including phenoxy) is 1. The maximum Gasteiger partial charge on any atom is 0.240 e. The van der Waals surface area contributed by atoms with E-state index in [-0.39, 0.29) is 0 Å². The molecule has 90 valence electrons. The summed E-state index contributed by atoms with van der Waals surface area (Å²) in [6, 6.07) is 14.7. The lowest BCUT2D eigenvalue weighted by atomic mass is 10.2. The van der Waals surface area contributed by atoms with Gasteiger partial charge >= 0.3 is 0 Å². The summed E-state index contributed by atoms with van der Waals surface area (Å²) in [6.07, 6.45) is 1.46. The lowest BCUT2D eigenvalue weighted by Gasteiger charge is -2.08. The number of rotatable bonds is 4. The van der Waals surface area contributed by atoms with Crippen molar-refractivity contribution >= 4 is 23.4 Å². The number of isocyanates is 1. The third-order valence-electron chi connectivity index (χ3n) is 2.33. The van der Waals surface area contributed by atoms with Crippen LogP contribution in [0, 0.1) is 0 Å². The highest BCUT2D eigenvalue weighted by molar-refractivity contribution is 6.32. The second kappa shape index (κ2) is 6.01. The van der Waals surface area contributed by atoms with Crippen LogP contribution in [0.2, 0.25) is 5.02 Å². The Morgan fingerprint density at radius 2 is 1.94 bits per heavy atom. The summed E-state index contributed by atoms with van der Waals surface area (Å²) in [4.78, 5) is 13.6. The van der Waals surface area contributed by atoms with Gasteiger partial charge in [0.15, 0.2) is 0 Å². The minimum Gasteiger partial charge on any atom is -0.487 e. The Balaban J connectivity index is 2.08. The second-order valence-corrected chi connectivity index (χ2v) is 4.00. The van der Waals surface area contributed by atoms with Gasteiger partial charge in [-0.05, 0) is 23.8 Å². The number of carbonyl (C=O) groups excluding carboxylic acids is 1. The predicted octanol–water partition coefficient (Wildman–Crippen LogP) is 3.89. The van der Waals surface area contributed by atoms with Gasteiger partial charge in [-0.25, -0.2) is 4.79 Å². The third-order valence-corrected chi connectivity index (χ3v) is 2.62. The molecule has 18 heavy (non-hydrogen) atoms. The molecule has 0 saturated heterocycles. The molecule has 0 spiro atoms. The van der Waals surface area contributed by atoms with Crippen molar-refractivity contribution in [1.82, 2.24) is 0 Å². The summed E-state index contributed by atoms with van der Waals surface area (Å²) in [7, 11) is 0. The van der Waals surface area contributed by atoms with E-state index in [0.29, 0.717) is 23.1 Å². The summed E-state index contributed by atoms with van der Waals surface area (Å²) in [5, 5.41) is 0.419. The van der Waals surface area contributed by atoms with E-state index in [1.807, 2.05) is 30.3 Å². The molecule has 0 unspecified atom stereocenters. The lowest BCUT2D eigenvalue weighted by Crippen LogP contribution is -1.95. The van der Waals surface area contributed by atoms with Crippen molar-refractivity contribution in [2.75, 3.05) is 0 Å². The number of benzene rings is 2. The fourth-order valence-electron chi connectivity index (χ4n) is 1.46. The van der Waals surface area contributed by atoms with Gasteiger partial charge in [0.2, 0.25) is 6.08 Å². The first-order valence-corrected chi connectivity index (χ1v) is 5.71. The first-order chi connectivity index (χ1) is 8.79. The van der Waals surface area contributed by atoms with Gasteiger partial charge in [0.1, 0.15) is 12.4 Å². The molecule has 0 fully saturated rings. The van der Waals surface area contributed by atoms with Crippen LogP contribution in [0.1, 0.15) is 5.56 Å². The number of hydrogen-bond donors (Lipinski definition) is 0. The molecule has 0 aliphatic heterocycles. The predicted molar refractivity (Wildman–Crippen MR) is 70.0 cm³/mol. The minimum absolute atomic E-state index is 0.419. The van der Waals surface area contributed by atoms with Gasteiger partial charge in [-0.15, -0.1) is 0 Å². The molecule has 2 rings (SSSR count). The summed E-state index contributed by atoms with van der Waals surface area (Å²) in [6.45, 7) is 0.441. The van der Waals surface area contributed by atoms with Crippen molar-refractivity contribution in [3.05, 3.63) is 59.1 Å². The number of nitrogens with zero attached hydrogens (tertiary/aromatic N) is 1. The fraction of sp³-hybridized carbons (Fsp3) is 0.0714. The maximum atomic E-state index is 10.1. The lowest BCUT2D eigenvalue weighted by molar-refractivity contribution is 0.306. The molecule has 0 bridgehead atoms. The molecule has 4 heteroatoms. The van der Waals surface area contributed by atoms with E-state index >= 15 is 0 Å². The molecule has 0 aliphatic carbocycles. The third kappa shape index (κ3) is 3.20. The van der Waals surface area contributed by atoms with E-state index in [1.54, 1.807) is 18.2 Å². The van der Waals surface area contributed by atoms with Crippen LogP contribution >= 0.6 is 11.6 Å². The molecule has 0 saturated carbocycles. The molecule has 2 aromatic carbocycles. The van der Waals surface area contributed by atoms with Gasteiger partial charge in [0.05, 0.1) is 10.7 Å². The molecule has 0 aliphatic rings. The van der Waals surface area contributed by atoms with Crippen LogP contribution in [0.4, 0.5) is 5.69 Å². The largest absolute Gasteiger partial charge is 0.487 e. The Hall–Kier alpha value is -2.09. The first-order valence-electron chi connectivity index (χ1n) is 5.34. The molecule has 0 N–H and O–H groups in total. The van der Waals surface area contributed by atoms with Gasteiger partial charge in [0, 0.05) is 0 Å². The van der Waals surface area contributed by atoms with Crippen molar-refractivity contribution in [2.45, 2.75) is 6.61 Å². The van der Waals surface area contributed by atoms with Crippen molar-refractivity contribution in [3.8, 4) is 5.75 Å². The van der Waals surface area contributed by atoms with Gasteiger partial charge in [-0.3, -0.25) is 0 Å². The van der Waals surface area contributed by atoms with Crippen LogP contribution in [0.5, 0.6) is 5.75 Å². The van der Waals surface area contributed by atoms with Crippen molar-refractivity contribution in [1.29, 1.82) is 0 Å². The molecule has 0 atom stereocenters. The van der Waals surface area contributed by atoms with E-state index in [2.05, 4.69) is 4.99 Å². The van der Waals surface area contributed by atoms with Crippen LogP contribution in [0.25, 0.3) is 0 Å². The van der Waals surface area contributed by atoms with Crippen LogP contribution < -0.4 is 4.74 Å². The highest BCUT2D eigenvalue weighted by Crippen LogP contribution is 2.29. The molecular formula is C14H10ClNO2. The molecule has 3 nitrogen and oxygen atoms in total. The van der Waals surface area contributed by atoms with E-state index in [0.717, 1.165) is 5.56 Å². The van der Waals surface area contributed by atoms with Gasteiger partial charge < -0.3 is 4.74 Å². The summed E-state index contributed by atoms with van der Waals surface area (Å²) < 4.78 is 5.58. The SMILES string of the molecule is O=C=Nc1ccc(OCc2ccccc2)c(Cl)c1. The Morgan fingerprint density at radius 3 is 2.61 bits per heavy atom. The van der Waals surface area contributed by atoms with Crippen molar-refractivity contribution < 1.29 is 9.53 Å². The Kier molecular flexibility index (Phi) is 4.13. The van der Waals surface area contributed by atoms with Crippen molar-refractivity contribution in [2.24, 2.45) is 4.99 Å². The van der Waals surface area contributed by atoms with Crippen LogP contribution in [-0.2, 0) is 11.4 Å². The molecule has 0 heterocycles. The zero-order valence-corrected chi connectivity index (χ0v) is 10.2. The van der Waals surface area contributed by atoms with Crippen molar-refractivity contribution in [3.63, 3.8) is 0 Å². The molecule has 0 aromatic heterocycles. The topological polar surface area (TPSA) is 38.7 Å². The molecule has 0 radical (unpaired) electrons. The highest BCUT2D eigenvalue weighted by atomic mass is 35.5. The van der Waals surface area contributed by atoms with Crippen LogP contribution in [0.3, 0.4) is 0 Å². The van der Waals surface area contributed by atoms with Crippen LogP contribution in [0.15, 0.2) is 53.5 Å². The fourth-order valence-corrected chi connectivity index (χ4v) is 1.69. The Bertz CT molecular complexity index is 578. The van der Waals surface area contributed by atoms with Crippen LogP contribution in [-0.4, -0.2) is 6.08 Å². The molecule has 2 aromatic rings.